The topological polar surface area (TPSA) is 153 Å². The number of esters is 1. The summed E-state index contributed by atoms with van der Waals surface area (Å²) in [6.45, 7) is 0.979. The van der Waals surface area contributed by atoms with E-state index in [-0.39, 0.29) is 18.5 Å². The highest BCUT2D eigenvalue weighted by molar-refractivity contribution is 7.52. The number of para-hydroxylation sites is 1. The van der Waals surface area contributed by atoms with Crippen LogP contribution in [-0.4, -0.2) is 47.2 Å². The lowest BCUT2D eigenvalue weighted by atomic mass is 10.3. The summed E-state index contributed by atoms with van der Waals surface area (Å²) in [5.41, 5.74) is 4.48. The van der Waals surface area contributed by atoms with Crippen molar-refractivity contribution in [3.63, 3.8) is 0 Å². The predicted molar refractivity (Wildman–Crippen MR) is 124 cm³/mol. The number of carbonyl (C=O) groups is 1. The van der Waals surface area contributed by atoms with Crippen LogP contribution in [0.25, 0.3) is 0 Å². The Labute approximate surface area is 206 Å². The van der Waals surface area contributed by atoms with Crippen molar-refractivity contribution in [3.8, 4) is 5.75 Å². The third-order valence-electron chi connectivity index (χ3n) is 5.62. The number of halogens is 1. The number of benzene rings is 1. The molecule has 1 aromatic carbocycles. The highest BCUT2D eigenvalue weighted by Crippen LogP contribution is 2.45. The van der Waals surface area contributed by atoms with Crippen molar-refractivity contribution in [2.45, 2.75) is 57.3 Å². The SMILES string of the molecule is C[C@H](N[P@](=O)(OC[C@H]1OC[C@@H](n2cc(F)c(N)nc2=O)O1)Oc1ccccc1)C(=O)OC1CCCC1. The van der Waals surface area contributed by atoms with Gasteiger partial charge in [0.05, 0.1) is 12.8 Å². The van der Waals surface area contributed by atoms with Crippen molar-refractivity contribution < 1.29 is 37.0 Å². The largest absolute Gasteiger partial charge is 0.461 e. The van der Waals surface area contributed by atoms with Crippen LogP contribution in [0.3, 0.4) is 0 Å². The first-order valence-corrected chi connectivity index (χ1v) is 13.1. The average molecular weight is 526 g/mol. The zero-order chi connectivity index (χ0) is 25.7. The molecule has 4 rings (SSSR count). The van der Waals surface area contributed by atoms with Gasteiger partial charge in [0.2, 0.25) is 0 Å². The smallest absolute Gasteiger partial charge is 0.459 e. The molecule has 2 aliphatic rings. The van der Waals surface area contributed by atoms with Gasteiger partial charge in [0.15, 0.2) is 24.2 Å². The van der Waals surface area contributed by atoms with E-state index < -0.39 is 56.2 Å². The Bertz CT molecular complexity index is 1160. The maximum atomic E-state index is 13.8. The van der Waals surface area contributed by atoms with Crippen LogP contribution in [0.5, 0.6) is 5.75 Å². The fraction of sp³-hybridized carbons (Fsp3) is 0.500. The molecule has 0 radical (unpaired) electrons. The first kappa shape index (κ1) is 26.2. The first-order valence-electron chi connectivity index (χ1n) is 11.5. The molecule has 3 N–H and O–H groups in total. The monoisotopic (exact) mass is 526 g/mol. The number of nitrogens with two attached hydrogens (primary N) is 1. The first-order chi connectivity index (χ1) is 17.2. The van der Waals surface area contributed by atoms with Crippen molar-refractivity contribution in [1.29, 1.82) is 0 Å². The van der Waals surface area contributed by atoms with E-state index in [2.05, 4.69) is 10.1 Å². The van der Waals surface area contributed by atoms with Gasteiger partial charge < -0.3 is 24.5 Å². The fourth-order valence-electron chi connectivity index (χ4n) is 3.77. The Morgan fingerprint density at radius 3 is 2.78 bits per heavy atom. The van der Waals surface area contributed by atoms with Crippen LogP contribution in [0.2, 0.25) is 0 Å². The Kier molecular flexibility index (Phi) is 8.37. The number of anilines is 1. The molecule has 196 valence electrons. The highest BCUT2D eigenvalue weighted by atomic mass is 31.2. The van der Waals surface area contributed by atoms with Gasteiger partial charge >= 0.3 is 19.4 Å². The van der Waals surface area contributed by atoms with Gasteiger partial charge in [-0.1, -0.05) is 18.2 Å². The molecule has 2 heterocycles. The summed E-state index contributed by atoms with van der Waals surface area (Å²) in [6.07, 6.45) is 2.20. The molecule has 0 spiro atoms. The van der Waals surface area contributed by atoms with Gasteiger partial charge in [0, 0.05) is 0 Å². The molecule has 2 aromatic rings. The van der Waals surface area contributed by atoms with E-state index in [0.717, 1.165) is 36.4 Å². The second-order valence-electron chi connectivity index (χ2n) is 8.41. The van der Waals surface area contributed by atoms with E-state index >= 15 is 0 Å². The molecular formula is C22H28FN4O8P. The lowest BCUT2D eigenvalue weighted by Gasteiger charge is -2.24. The van der Waals surface area contributed by atoms with E-state index in [1.807, 2.05) is 0 Å². The molecule has 1 aliphatic heterocycles. The van der Waals surface area contributed by atoms with Crippen LogP contribution in [0.15, 0.2) is 41.3 Å². The summed E-state index contributed by atoms with van der Waals surface area (Å²) in [7, 11) is -4.13. The summed E-state index contributed by atoms with van der Waals surface area (Å²) in [5, 5.41) is 2.60. The molecule has 1 saturated heterocycles. The third kappa shape index (κ3) is 6.68. The van der Waals surface area contributed by atoms with E-state index in [1.54, 1.807) is 30.3 Å². The lowest BCUT2D eigenvalue weighted by Crippen LogP contribution is -2.37. The summed E-state index contributed by atoms with van der Waals surface area (Å²) in [6, 6.07) is 7.27. The molecule has 1 aliphatic carbocycles. The summed E-state index contributed by atoms with van der Waals surface area (Å²) >= 11 is 0. The van der Waals surface area contributed by atoms with Gasteiger partial charge in [0.25, 0.3) is 0 Å². The van der Waals surface area contributed by atoms with Crippen molar-refractivity contribution in [1.82, 2.24) is 14.6 Å². The van der Waals surface area contributed by atoms with Crippen LogP contribution < -0.4 is 21.0 Å². The zero-order valence-corrected chi connectivity index (χ0v) is 20.5. The molecule has 1 saturated carbocycles. The average Bonchev–Trinajstić information content (AvgIpc) is 3.53. The normalized spacial score (nSPS) is 22.7. The van der Waals surface area contributed by atoms with Gasteiger partial charge in [-0.25, -0.2) is 13.8 Å². The quantitative estimate of drug-likeness (QED) is 0.347. The van der Waals surface area contributed by atoms with Crippen molar-refractivity contribution in [2.75, 3.05) is 18.9 Å². The molecule has 12 nitrogen and oxygen atoms in total. The number of nitrogens with zero attached hydrogens (tertiary/aromatic N) is 2. The van der Waals surface area contributed by atoms with E-state index in [1.165, 1.54) is 6.92 Å². The van der Waals surface area contributed by atoms with E-state index in [4.69, 9.17) is 29.0 Å². The molecule has 0 unspecified atom stereocenters. The second kappa shape index (κ2) is 11.5. The van der Waals surface area contributed by atoms with Crippen molar-refractivity contribution in [3.05, 3.63) is 52.8 Å². The van der Waals surface area contributed by atoms with Crippen LogP contribution >= 0.6 is 7.75 Å². The van der Waals surface area contributed by atoms with Crippen molar-refractivity contribution in [2.24, 2.45) is 0 Å². The Morgan fingerprint density at radius 2 is 2.06 bits per heavy atom. The number of carbonyl (C=O) groups excluding carboxylic acids is 1. The third-order valence-corrected chi connectivity index (χ3v) is 7.26. The van der Waals surface area contributed by atoms with E-state index in [0.29, 0.717) is 0 Å². The maximum Gasteiger partial charge on any atom is 0.459 e. The molecular weight excluding hydrogens is 498 g/mol. The lowest BCUT2D eigenvalue weighted by molar-refractivity contribution is -0.150. The fourth-order valence-corrected chi connectivity index (χ4v) is 5.25. The van der Waals surface area contributed by atoms with Crippen LogP contribution in [0.1, 0.15) is 38.8 Å². The minimum Gasteiger partial charge on any atom is -0.461 e. The number of rotatable bonds is 10. The number of nitrogen functional groups attached to an aromatic ring is 1. The van der Waals surface area contributed by atoms with Crippen LogP contribution in [-0.2, 0) is 28.1 Å². The number of hydrogen-bond acceptors (Lipinski definition) is 10. The van der Waals surface area contributed by atoms with Gasteiger partial charge in [-0.2, -0.15) is 10.1 Å². The standard InChI is InChI=1S/C22H28FN4O8P/c1-14(21(28)33-15-7-5-6-8-15)26-36(30,35-16-9-3-2-4-10-16)32-13-19-31-12-18(34-19)27-11-17(23)20(24)25-22(27)29/h2-4,9-11,14-15,18-19H,5-8,12-13H2,1H3,(H,26,30)(H2,24,25,29)/t14-,18-,19-,36-/m0/s1. The molecule has 0 bridgehead atoms. The highest BCUT2D eigenvalue weighted by Gasteiger charge is 2.36. The molecule has 36 heavy (non-hydrogen) atoms. The summed E-state index contributed by atoms with van der Waals surface area (Å²) in [5.74, 6) is -1.75. The Balaban J connectivity index is 1.40. The number of ether oxygens (including phenoxy) is 3. The van der Waals surface area contributed by atoms with Crippen LogP contribution in [0.4, 0.5) is 10.2 Å². The van der Waals surface area contributed by atoms with Gasteiger partial charge in [-0.05, 0) is 44.7 Å². The predicted octanol–water partition coefficient (Wildman–Crippen LogP) is 2.50. The minimum absolute atomic E-state index is 0.125. The number of aromatic nitrogens is 2. The number of nitrogens with one attached hydrogen (secondary N) is 1. The van der Waals surface area contributed by atoms with Crippen molar-refractivity contribution >= 4 is 19.5 Å². The van der Waals surface area contributed by atoms with Gasteiger partial charge in [-0.15, -0.1) is 0 Å². The van der Waals surface area contributed by atoms with Gasteiger partial charge in [0.1, 0.15) is 24.5 Å². The zero-order valence-electron chi connectivity index (χ0n) is 19.6. The Hall–Kier alpha value is -2.83. The maximum absolute atomic E-state index is 13.8. The second-order valence-corrected chi connectivity index (χ2v) is 10.1. The molecule has 4 atom stereocenters. The molecule has 0 amide bonds. The van der Waals surface area contributed by atoms with E-state index in [9.17, 15) is 18.5 Å². The number of hydrogen-bond donors (Lipinski definition) is 2. The van der Waals surface area contributed by atoms with Gasteiger partial charge in [-0.3, -0.25) is 13.9 Å². The van der Waals surface area contributed by atoms with Crippen LogP contribution in [0, 0.1) is 5.82 Å². The molecule has 2 fully saturated rings. The minimum atomic E-state index is -4.13. The molecule has 1 aromatic heterocycles. The molecule has 14 heteroatoms. The summed E-state index contributed by atoms with van der Waals surface area (Å²) in [4.78, 5) is 27.9. The Morgan fingerprint density at radius 1 is 1.33 bits per heavy atom. The summed E-state index contributed by atoms with van der Waals surface area (Å²) < 4.78 is 55.9.